The zero-order valence-corrected chi connectivity index (χ0v) is 15.9. The normalized spacial score (nSPS) is 9.92. The molecule has 1 aromatic carbocycles. The Balaban J connectivity index is 2.52. The van der Waals surface area contributed by atoms with Gasteiger partial charge in [-0.15, -0.1) is 0 Å². The Morgan fingerprint density at radius 1 is 1.04 bits per heavy atom. The summed E-state index contributed by atoms with van der Waals surface area (Å²) in [5.74, 6) is -0.437. The first-order valence-corrected chi connectivity index (χ1v) is 8.30. The van der Waals surface area contributed by atoms with E-state index < -0.39 is 18.5 Å². The quantitative estimate of drug-likeness (QED) is 0.577. The molecular weight excluding hydrogens is 396 g/mol. The highest BCUT2D eigenvalue weighted by molar-refractivity contribution is 9.10. The van der Waals surface area contributed by atoms with Crippen LogP contribution in [0.4, 0.5) is 0 Å². The fourth-order valence-corrected chi connectivity index (χ4v) is 2.34. The Bertz CT molecular complexity index is 635. The highest BCUT2D eigenvalue weighted by atomic mass is 79.9. The Kier molecular flexibility index (Phi) is 8.76. The molecule has 138 valence electrons. The summed E-state index contributed by atoms with van der Waals surface area (Å²) in [6.45, 7) is 1.63. The highest BCUT2D eigenvalue weighted by Gasteiger charge is 2.15. The lowest BCUT2D eigenvalue weighted by Crippen LogP contribution is -2.38. The van der Waals surface area contributed by atoms with E-state index in [4.69, 9.17) is 14.2 Å². The zero-order chi connectivity index (χ0) is 18.8. The number of halogens is 1. The summed E-state index contributed by atoms with van der Waals surface area (Å²) in [5, 5.41) is 4.89. The first-order valence-electron chi connectivity index (χ1n) is 7.50. The number of hydrogen-bond acceptors (Lipinski definition) is 6. The number of amides is 2. The number of benzene rings is 1. The largest absolute Gasteiger partial charge is 0.493 e. The molecule has 0 saturated carbocycles. The maximum Gasteiger partial charge on any atom is 0.310 e. The van der Waals surface area contributed by atoms with E-state index in [0.717, 1.165) is 0 Å². The van der Waals surface area contributed by atoms with Gasteiger partial charge in [0.05, 0.1) is 27.2 Å². The third-order valence-electron chi connectivity index (χ3n) is 3.07. The van der Waals surface area contributed by atoms with Crippen molar-refractivity contribution < 1.29 is 28.6 Å². The Hall–Kier alpha value is -2.29. The van der Waals surface area contributed by atoms with Crippen LogP contribution in [0.1, 0.15) is 12.5 Å². The SMILES string of the molecule is CCNC(=O)CNC(=O)COC(=O)Cc1cc(OC)c(OC)cc1Br. The molecule has 25 heavy (non-hydrogen) atoms. The molecule has 0 aliphatic carbocycles. The van der Waals surface area contributed by atoms with Gasteiger partial charge >= 0.3 is 5.97 Å². The topological polar surface area (TPSA) is 103 Å². The van der Waals surface area contributed by atoms with Crippen molar-refractivity contribution in [2.45, 2.75) is 13.3 Å². The molecule has 2 amide bonds. The molecule has 0 spiro atoms. The van der Waals surface area contributed by atoms with Crippen molar-refractivity contribution in [3.63, 3.8) is 0 Å². The third kappa shape index (κ3) is 7.00. The summed E-state index contributed by atoms with van der Waals surface area (Å²) in [7, 11) is 3.00. The van der Waals surface area contributed by atoms with Crippen LogP contribution in [0, 0.1) is 0 Å². The summed E-state index contributed by atoms with van der Waals surface area (Å²) >= 11 is 3.35. The molecule has 0 fully saturated rings. The van der Waals surface area contributed by atoms with Gasteiger partial charge in [-0.1, -0.05) is 15.9 Å². The summed E-state index contributed by atoms with van der Waals surface area (Å²) in [5.41, 5.74) is 0.630. The fourth-order valence-electron chi connectivity index (χ4n) is 1.87. The van der Waals surface area contributed by atoms with E-state index in [1.165, 1.54) is 14.2 Å². The van der Waals surface area contributed by atoms with Gasteiger partial charge in [0, 0.05) is 11.0 Å². The Labute approximate surface area is 154 Å². The van der Waals surface area contributed by atoms with E-state index in [1.807, 2.05) is 0 Å². The van der Waals surface area contributed by atoms with Crippen LogP contribution in [0.3, 0.4) is 0 Å². The Morgan fingerprint density at radius 3 is 2.28 bits per heavy atom. The van der Waals surface area contributed by atoms with Crippen molar-refractivity contribution >= 4 is 33.7 Å². The number of esters is 1. The van der Waals surface area contributed by atoms with E-state index in [9.17, 15) is 14.4 Å². The van der Waals surface area contributed by atoms with Gasteiger partial charge < -0.3 is 24.8 Å². The maximum atomic E-state index is 11.9. The number of carbonyl (C=O) groups is 3. The molecule has 1 aromatic rings. The number of ether oxygens (including phenoxy) is 3. The van der Waals surface area contributed by atoms with Gasteiger partial charge in [0.25, 0.3) is 5.91 Å². The van der Waals surface area contributed by atoms with Crippen LogP contribution >= 0.6 is 15.9 Å². The van der Waals surface area contributed by atoms with E-state index in [1.54, 1.807) is 19.1 Å². The summed E-state index contributed by atoms with van der Waals surface area (Å²) in [6.07, 6.45) is -0.0511. The summed E-state index contributed by atoms with van der Waals surface area (Å²) in [4.78, 5) is 34.7. The molecule has 0 aromatic heterocycles. The lowest BCUT2D eigenvalue weighted by Gasteiger charge is -2.12. The number of likely N-dealkylation sites (N-methyl/N-ethyl adjacent to an activating group) is 1. The predicted molar refractivity (Wildman–Crippen MR) is 93.6 cm³/mol. The molecule has 0 aliphatic rings. The second-order valence-electron chi connectivity index (χ2n) is 4.87. The highest BCUT2D eigenvalue weighted by Crippen LogP contribution is 2.33. The molecule has 0 heterocycles. The van der Waals surface area contributed by atoms with E-state index in [2.05, 4.69) is 26.6 Å². The van der Waals surface area contributed by atoms with Gasteiger partial charge in [0.1, 0.15) is 0 Å². The monoisotopic (exact) mass is 416 g/mol. The van der Waals surface area contributed by atoms with Crippen LogP contribution in [-0.4, -0.2) is 51.7 Å². The smallest absolute Gasteiger partial charge is 0.310 e. The minimum atomic E-state index is -0.582. The van der Waals surface area contributed by atoms with Crippen molar-refractivity contribution in [2.75, 3.05) is 33.9 Å². The number of rotatable bonds is 9. The Morgan fingerprint density at radius 2 is 1.68 bits per heavy atom. The van der Waals surface area contributed by atoms with Crippen LogP contribution in [0.25, 0.3) is 0 Å². The predicted octanol–water partition coefficient (Wildman–Crippen LogP) is 0.804. The lowest BCUT2D eigenvalue weighted by molar-refractivity contribution is -0.147. The van der Waals surface area contributed by atoms with Crippen molar-refractivity contribution in [3.05, 3.63) is 22.2 Å². The lowest BCUT2D eigenvalue weighted by atomic mass is 10.1. The average Bonchev–Trinajstić information content (AvgIpc) is 2.59. The standard InChI is InChI=1S/C16H21BrN2O6/c1-4-18-14(20)8-19-15(21)9-25-16(22)6-10-5-12(23-2)13(24-3)7-11(10)17/h5,7H,4,6,8-9H2,1-3H3,(H,18,20)(H,19,21). The van der Waals surface area contributed by atoms with Gasteiger partial charge in [-0.05, 0) is 24.6 Å². The fraction of sp³-hybridized carbons (Fsp3) is 0.438. The van der Waals surface area contributed by atoms with E-state index in [0.29, 0.717) is 28.1 Å². The van der Waals surface area contributed by atoms with Gasteiger partial charge in [0.15, 0.2) is 18.1 Å². The van der Waals surface area contributed by atoms with Crippen LogP contribution in [-0.2, 0) is 25.5 Å². The molecule has 0 aliphatic heterocycles. The van der Waals surface area contributed by atoms with Crippen LogP contribution in [0.5, 0.6) is 11.5 Å². The van der Waals surface area contributed by atoms with Gasteiger partial charge in [-0.3, -0.25) is 14.4 Å². The van der Waals surface area contributed by atoms with Crippen molar-refractivity contribution in [3.8, 4) is 11.5 Å². The third-order valence-corrected chi connectivity index (χ3v) is 3.81. The molecule has 8 nitrogen and oxygen atoms in total. The molecule has 1 rings (SSSR count). The molecule has 0 saturated heterocycles. The van der Waals surface area contributed by atoms with Crippen molar-refractivity contribution in [1.82, 2.24) is 10.6 Å². The molecule has 0 unspecified atom stereocenters. The summed E-state index contributed by atoms with van der Waals surface area (Å²) in [6, 6.07) is 3.33. The van der Waals surface area contributed by atoms with Crippen LogP contribution in [0.15, 0.2) is 16.6 Å². The minimum Gasteiger partial charge on any atom is -0.493 e. The van der Waals surface area contributed by atoms with Crippen LogP contribution in [0.2, 0.25) is 0 Å². The zero-order valence-electron chi connectivity index (χ0n) is 14.3. The molecular formula is C16H21BrN2O6. The minimum absolute atomic E-state index is 0.0511. The number of carbonyl (C=O) groups excluding carboxylic acids is 3. The summed E-state index contributed by atoms with van der Waals surface area (Å²) < 4.78 is 15.9. The first-order chi connectivity index (χ1) is 11.9. The second-order valence-corrected chi connectivity index (χ2v) is 5.72. The number of nitrogens with one attached hydrogen (secondary N) is 2. The molecule has 9 heteroatoms. The number of methoxy groups -OCH3 is 2. The van der Waals surface area contributed by atoms with Crippen LogP contribution < -0.4 is 20.1 Å². The molecule has 0 radical (unpaired) electrons. The molecule has 0 atom stereocenters. The van der Waals surface area contributed by atoms with Crippen molar-refractivity contribution in [2.24, 2.45) is 0 Å². The molecule has 0 bridgehead atoms. The number of hydrogen-bond donors (Lipinski definition) is 2. The first kappa shape index (κ1) is 20.8. The molecule has 2 N–H and O–H groups in total. The van der Waals surface area contributed by atoms with E-state index >= 15 is 0 Å². The van der Waals surface area contributed by atoms with Gasteiger partial charge in [-0.25, -0.2) is 0 Å². The second kappa shape index (κ2) is 10.5. The van der Waals surface area contributed by atoms with E-state index in [-0.39, 0.29) is 18.9 Å². The van der Waals surface area contributed by atoms with Gasteiger partial charge in [-0.2, -0.15) is 0 Å². The van der Waals surface area contributed by atoms with Gasteiger partial charge in [0.2, 0.25) is 5.91 Å². The van der Waals surface area contributed by atoms with Crippen molar-refractivity contribution in [1.29, 1.82) is 0 Å². The average molecular weight is 417 g/mol. The maximum absolute atomic E-state index is 11.9.